The highest BCUT2D eigenvalue weighted by molar-refractivity contribution is 7.86. The van der Waals surface area contributed by atoms with Gasteiger partial charge in [-0.15, -0.1) is 0 Å². The fourth-order valence-corrected chi connectivity index (χ4v) is 4.35. The molecule has 3 aromatic rings. The molecule has 28 heavy (non-hydrogen) atoms. The van der Waals surface area contributed by atoms with Gasteiger partial charge in [-0.1, -0.05) is 44.2 Å². The molecule has 1 atom stereocenters. The van der Waals surface area contributed by atoms with Crippen LogP contribution in [0, 0.1) is 0 Å². The van der Waals surface area contributed by atoms with E-state index in [-0.39, 0.29) is 11.9 Å². The van der Waals surface area contributed by atoms with Crippen molar-refractivity contribution in [2.45, 2.75) is 37.5 Å². The molecule has 0 fully saturated rings. The van der Waals surface area contributed by atoms with E-state index in [1.54, 1.807) is 18.5 Å². The first-order valence-corrected chi connectivity index (χ1v) is 10.5. The van der Waals surface area contributed by atoms with Gasteiger partial charge in [0.2, 0.25) is 0 Å². The van der Waals surface area contributed by atoms with E-state index < -0.39 is 16.8 Å². The highest BCUT2D eigenvalue weighted by Crippen LogP contribution is 2.33. The van der Waals surface area contributed by atoms with Gasteiger partial charge in [0.1, 0.15) is 18.1 Å². The van der Waals surface area contributed by atoms with Crippen LogP contribution in [0.15, 0.2) is 53.4 Å². The van der Waals surface area contributed by atoms with Gasteiger partial charge in [-0.2, -0.15) is 0 Å². The minimum atomic E-state index is -1.35. The second kappa shape index (κ2) is 8.61. The van der Waals surface area contributed by atoms with Crippen LogP contribution in [-0.4, -0.2) is 26.6 Å². The number of ether oxygens (including phenoxy) is 2. The number of nitrogens with zero attached hydrogens (tertiary/aromatic N) is 1. The zero-order chi connectivity index (χ0) is 20.3. The average molecular weight is 400 g/mol. The largest absolute Gasteiger partial charge is 0.489 e. The molecule has 3 rings (SSSR count). The molecular formula is C22H25NO4S. The Bertz CT molecular complexity index is 1010. The van der Waals surface area contributed by atoms with Crippen molar-refractivity contribution in [3.05, 3.63) is 59.8 Å². The molecule has 1 unspecified atom stereocenters. The van der Waals surface area contributed by atoms with Crippen molar-refractivity contribution in [1.82, 2.24) is 4.57 Å². The molecule has 2 aromatic carbocycles. The van der Waals surface area contributed by atoms with E-state index in [1.165, 1.54) is 0 Å². The number of hydrogen-bond donors (Lipinski definition) is 0. The van der Waals surface area contributed by atoms with E-state index >= 15 is 0 Å². The number of carbonyl (C=O) groups excluding carboxylic acids is 1. The summed E-state index contributed by atoms with van der Waals surface area (Å²) in [5.74, 6) is 0.205. The molecule has 148 valence electrons. The lowest BCUT2D eigenvalue weighted by Gasteiger charge is -2.09. The Hall–Kier alpha value is -2.60. The van der Waals surface area contributed by atoms with Crippen molar-refractivity contribution >= 4 is 27.7 Å². The number of aryl methyl sites for hydroxylation is 1. The minimum absolute atomic E-state index is 0.132. The summed E-state index contributed by atoms with van der Waals surface area (Å²) in [5.41, 5.74) is 2.22. The molecule has 5 nitrogen and oxygen atoms in total. The Balaban J connectivity index is 2.06. The summed E-state index contributed by atoms with van der Waals surface area (Å²) >= 11 is 0. The fourth-order valence-electron chi connectivity index (χ4n) is 3.09. The third-order valence-corrected chi connectivity index (χ3v) is 6.14. The smallest absolute Gasteiger partial charge is 0.356 e. The van der Waals surface area contributed by atoms with Gasteiger partial charge in [0.25, 0.3) is 0 Å². The Morgan fingerprint density at radius 2 is 1.86 bits per heavy atom. The van der Waals surface area contributed by atoms with Gasteiger partial charge in [-0.05, 0) is 30.7 Å². The normalized spacial score (nSPS) is 12.3. The molecule has 0 N–H and O–H groups in total. The van der Waals surface area contributed by atoms with Crippen molar-refractivity contribution in [3.63, 3.8) is 0 Å². The number of carbonyl (C=O) groups is 1. The first kappa shape index (κ1) is 20.1. The predicted octanol–water partition coefficient (Wildman–Crippen LogP) is 4.45. The second-order valence-corrected chi connectivity index (χ2v) is 8.70. The molecule has 0 aliphatic heterocycles. The summed E-state index contributed by atoms with van der Waals surface area (Å²) in [5, 5.41) is 0.621. The molecule has 0 amide bonds. The van der Waals surface area contributed by atoms with Crippen LogP contribution in [0.2, 0.25) is 0 Å². The van der Waals surface area contributed by atoms with E-state index in [0.717, 1.165) is 16.5 Å². The summed E-state index contributed by atoms with van der Waals surface area (Å²) in [6.07, 6.45) is 0. The number of aromatic nitrogens is 1. The SMILES string of the molecule is CCOC(=O)c1c(S(=O)C(C)C)c2cc(OCc3ccccc3)ccc2n1C. The molecule has 1 aromatic heterocycles. The molecule has 6 heteroatoms. The number of fused-ring (bicyclic) bond motifs is 1. The lowest BCUT2D eigenvalue weighted by atomic mass is 10.2. The maximum absolute atomic E-state index is 13.0. The van der Waals surface area contributed by atoms with Gasteiger partial charge < -0.3 is 14.0 Å². The molecule has 0 spiro atoms. The number of rotatable bonds is 7. The topological polar surface area (TPSA) is 57.5 Å². The molecule has 0 saturated carbocycles. The predicted molar refractivity (Wildman–Crippen MR) is 111 cm³/mol. The molecule has 0 radical (unpaired) electrons. The summed E-state index contributed by atoms with van der Waals surface area (Å²) in [6, 6.07) is 15.5. The Kier molecular flexibility index (Phi) is 6.19. The van der Waals surface area contributed by atoms with Crippen LogP contribution in [0.25, 0.3) is 10.9 Å². The van der Waals surface area contributed by atoms with E-state index in [9.17, 15) is 9.00 Å². The van der Waals surface area contributed by atoms with Crippen molar-refractivity contribution in [3.8, 4) is 5.75 Å². The van der Waals surface area contributed by atoms with Crippen LogP contribution in [0.4, 0.5) is 0 Å². The second-order valence-electron chi connectivity index (χ2n) is 6.76. The Morgan fingerprint density at radius 1 is 1.14 bits per heavy atom. The Morgan fingerprint density at radius 3 is 2.50 bits per heavy atom. The monoisotopic (exact) mass is 399 g/mol. The first-order valence-electron chi connectivity index (χ1n) is 9.30. The van der Waals surface area contributed by atoms with Crippen LogP contribution in [0.3, 0.4) is 0 Å². The lowest BCUT2D eigenvalue weighted by molar-refractivity contribution is 0.0511. The Labute approximate surface area is 167 Å². The van der Waals surface area contributed by atoms with Gasteiger partial charge in [0.05, 0.1) is 22.3 Å². The third-order valence-electron chi connectivity index (χ3n) is 4.47. The van der Waals surface area contributed by atoms with E-state index in [4.69, 9.17) is 9.47 Å². The van der Waals surface area contributed by atoms with Gasteiger partial charge in [-0.25, -0.2) is 4.79 Å². The number of hydrogen-bond acceptors (Lipinski definition) is 4. The molecular weight excluding hydrogens is 374 g/mol. The van der Waals surface area contributed by atoms with E-state index in [1.807, 2.05) is 62.4 Å². The van der Waals surface area contributed by atoms with Crippen LogP contribution >= 0.6 is 0 Å². The maximum Gasteiger partial charge on any atom is 0.356 e. The first-order chi connectivity index (χ1) is 13.4. The zero-order valence-corrected chi connectivity index (χ0v) is 17.4. The lowest BCUT2D eigenvalue weighted by Crippen LogP contribution is -2.15. The van der Waals surface area contributed by atoms with E-state index in [2.05, 4.69) is 0 Å². The van der Waals surface area contributed by atoms with Crippen LogP contribution < -0.4 is 4.74 Å². The minimum Gasteiger partial charge on any atom is -0.489 e. The molecule has 0 aliphatic rings. The van der Waals surface area contributed by atoms with Crippen molar-refractivity contribution in [1.29, 1.82) is 0 Å². The van der Waals surface area contributed by atoms with Crippen LogP contribution in [0.1, 0.15) is 36.8 Å². The van der Waals surface area contributed by atoms with Gasteiger partial charge in [0.15, 0.2) is 0 Å². The fraction of sp³-hybridized carbons (Fsp3) is 0.318. The highest BCUT2D eigenvalue weighted by Gasteiger charge is 2.27. The zero-order valence-electron chi connectivity index (χ0n) is 16.6. The van der Waals surface area contributed by atoms with Crippen molar-refractivity contribution < 1.29 is 18.5 Å². The highest BCUT2D eigenvalue weighted by atomic mass is 32.2. The molecule has 1 heterocycles. The molecule has 0 bridgehead atoms. The summed E-state index contributed by atoms with van der Waals surface area (Å²) < 4.78 is 25.9. The van der Waals surface area contributed by atoms with Crippen LogP contribution in [0.5, 0.6) is 5.75 Å². The maximum atomic E-state index is 13.0. The van der Waals surface area contributed by atoms with Gasteiger partial charge in [-0.3, -0.25) is 4.21 Å². The van der Waals surface area contributed by atoms with E-state index in [0.29, 0.717) is 22.9 Å². The summed E-state index contributed by atoms with van der Waals surface area (Å²) in [6.45, 7) is 6.21. The average Bonchev–Trinajstić information content (AvgIpc) is 2.98. The molecule has 0 aliphatic carbocycles. The van der Waals surface area contributed by atoms with Crippen molar-refractivity contribution in [2.24, 2.45) is 7.05 Å². The quantitative estimate of drug-likeness (QED) is 0.551. The number of benzene rings is 2. The molecule has 0 saturated heterocycles. The standard InChI is InChI=1S/C22H25NO4S/c1-5-26-22(24)20-21(28(25)15(2)3)18-13-17(11-12-19(18)23(20)4)27-14-16-9-7-6-8-10-16/h6-13,15H,5,14H2,1-4H3. The van der Waals surface area contributed by atoms with Crippen LogP contribution in [-0.2, 0) is 29.2 Å². The summed E-state index contributed by atoms with van der Waals surface area (Å²) in [7, 11) is 0.442. The van der Waals surface area contributed by atoms with Gasteiger partial charge >= 0.3 is 5.97 Å². The third kappa shape index (κ3) is 3.97. The van der Waals surface area contributed by atoms with Gasteiger partial charge in [0, 0.05) is 23.2 Å². The van der Waals surface area contributed by atoms with Crippen molar-refractivity contribution in [2.75, 3.05) is 6.61 Å². The summed E-state index contributed by atoms with van der Waals surface area (Å²) in [4.78, 5) is 13.1. The number of esters is 1.